The summed E-state index contributed by atoms with van der Waals surface area (Å²) in [6.45, 7) is 3.53. The Morgan fingerprint density at radius 3 is 2.46 bits per heavy atom. The van der Waals surface area contributed by atoms with Crippen molar-refractivity contribution >= 4 is 23.5 Å². The maximum Gasteiger partial charge on any atom is 0.270 e. The zero-order valence-electron chi connectivity index (χ0n) is 14.8. The Balaban J connectivity index is 1.29. The second kappa shape index (κ2) is 7.39. The van der Waals surface area contributed by atoms with Gasteiger partial charge in [0.05, 0.1) is 0 Å². The van der Waals surface area contributed by atoms with Crippen molar-refractivity contribution < 1.29 is 9.59 Å². The number of hydrogen-bond donors (Lipinski definition) is 1. The van der Waals surface area contributed by atoms with Crippen LogP contribution in [-0.2, 0) is 9.59 Å². The van der Waals surface area contributed by atoms with Crippen LogP contribution in [0.15, 0.2) is 23.6 Å². The summed E-state index contributed by atoms with van der Waals surface area (Å²) in [5.41, 5.74) is 2.90. The summed E-state index contributed by atoms with van der Waals surface area (Å²) in [4.78, 5) is 36.6. The van der Waals surface area contributed by atoms with Gasteiger partial charge < -0.3 is 9.80 Å². The smallest absolute Gasteiger partial charge is 0.270 e. The van der Waals surface area contributed by atoms with Crippen molar-refractivity contribution in [2.45, 2.75) is 32.1 Å². The van der Waals surface area contributed by atoms with Gasteiger partial charge in [0.25, 0.3) is 5.91 Å². The first-order valence-corrected chi connectivity index (χ1v) is 9.37. The van der Waals surface area contributed by atoms with Gasteiger partial charge in [-0.3, -0.25) is 9.59 Å². The molecule has 1 aromatic heterocycles. The Kier molecular flexibility index (Phi) is 4.81. The highest BCUT2D eigenvalue weighted by atomic mass is 16.2. The van der Waals surface area contributed by atoms with Gasteiger partial charge in [-0.2, -0.15) is 5.10 Å². The highest BCUT2D eigenvalue weighted by Gasteiger charge is 2.35. The lowest BCUT2D eigenvalue weighted by Crippen LogP contribution is -2.40. The molecule has 0 aromatic carbocycles. The number of piperidine rings is 1. The molecule has 26 heavy (non-hydrogen) atoms. The third kappa shape index (κ3) is 3.54. The van der Waals surface area contributed by atoms with E-state index in [4.69, 9.17) is 0 Å². The van der Waals surface area contributed by atoms with Crippen molar-refractivity contribution in [1.82, 2.24) is 20.3 Å². The molecule has 0 saturated carbocycles. The largest absolute Gasteiger partial charge is 0.341 e. The van der Waals surface area contributed by atoms with Gasteiger partial charge in [0.15, 0.2) is 0 Å². The van der Waals surface area contributed by atoms with Crippen LogP contribution in [0.4, 0.5) is 5.95 Å². The first kappa shape index (κ1) is 16.9. The Morgan fingerprint density at radius 1 is 1.04 bits per heavy atom. The molecule has 1 unspecified atom stereocenters. The van der Waals surface area contributed by atoms with Crippen molar-refractivity contribution in [3.8, 4) is 0 Å². The van der Waals surface area contributed by atoms with Gasteiger partial charge in [-0.25, -0.2) is 15.4 Å². The lowest BCUT2D eigenvalue weighted by Gasteiger charge is -2.34. The molecule has 0 spiro atoms. The van der Waals surface area contributed by atoms with Gasteiger partial charge >= 0.3 is 0 Å². The molecule has 138 valence electrons. The summed E-state index contributed by atoms with van der Waals surface area (Å²) in [5, 5.41) is 3.94. The molecule has 2 saturated heterocycles. The first-order chi connectivity index (χ1) is 12.7. The van der Waals surface area contributed by atoms with Crippen LogP contribution in [0.5, 0.6) is 0 Å². The van der Waals surface area contributed by atoms with Crippen molar-refractivity contribution in [1.29, 1.82) is 0 Å². The van der Waals surface area contributed by atoms with Crippen LogP contribution in [0.25, 0.3) is 0 Å². The van der Waals surface area contributed by atoms with E-state index in [0.29, 0.717) is 30.4 Å². The molecule has 4 heterocycles. The van der Waals surface area contributed by atoms with E-state index >= 15 is 0 Å². The first-order valence-electron chi connectivity index (χ1n) is 9.37. The number of rotatable bonds is 3. The summed E-state index contributed by atoms with van der Waals surface area (Å²) in [6.07, 6.45) is 7.64. The Morgan fingerprint density at radius 2 is 1.77 bits per heavy atom. The standard InChI is InChI=1S/C18H24N6O2/c25-16-3-2-15(21-22-16)17(26)24-11-6-14(12-24)13-4-9-23(10-5-13)18-19-7-1-8-20-18/h1,7-8,13-14H,2-6,9-12H2,(H,22,25). The maximum atomic E-state index is 12.6. The fourth-order valence-corrected chi connectivity index (χ4v) is 4.19. The highest BCUT2D eigenvalue weighted by Crippen LogP contribution is 2.32. The SMILES string of the molecule is O=C1CCC(C(=O)N2CCC(C3CCN(c4ncccn4)CC3)C2)=NN1. The molecular weight excluding hydrogens is 332 g/mol. The van der Waals surface area contributed by atoms with Crippen LogP contribution in [0.3, 0.4) is 0 Å². The summed E-state index contributed by atoms with van der Waals surface area (Å²) >= 11 is 0. The molecule has 0 aliphatic carbocycles. The van der Waals surface area contributed by atoms with E-state index < -0.39 is 0 Å². The van der Waals surface area contributed by atoms with E-state index in [-0.39, 0.29) is 11.8 Å². The molecule has 3 aliphatic rings. The van der Waals surface area contributed by atoms with Crippen LogP contribution in [0.1, 0.15) is 32.1 Å². The van der Waals surface area contributed by atoms with Crippen LogP contribution in [0, 0.1) is 11.8 Å². The number of anilines is 1. The number of likely N-dealkylation sites (tertiary alicyclic amines) is 1. The normalized spacial score (nSPS) is 24.4. The number of nitrogens with zero attached hydrogens (tertiary/aromatic N) is 5. The lowest BCUT2D eigenvalue weighted by molar-refractivity contribution is -0.124. The zero-order chi connectivity index (χ0) is 17.9. The van der Waals surface area contributed by atoms with E-state index in [9.17, 15) is 9.59 Å². The fourth-order valence-electron chi connectivity index (χ4n) is 4.19. The second-order valence-electron chi connectivity index (χ2n) is 7.27. The molecule has 4 rings (SSSR count). The van der Waals surface area contributed by atoms with Gasteiger partial charge in [0, 0.05) is 51.4 Å². The number of nitrogens with one attached hydrogen (secondary N) is 1. The Labute approximate surface area is 152 Å². The predicted molar refractivity (Wildman–Crippen MR) is 96.5 cm³/mol. The van der Waals surface area contributed by atoms with E-state index in [0.717, 1.165) is 51.4 Å². The van der Waals surface area contributed by atoms with E-state index in [1.807, 2.05) is 11.0 Å². The van der Waals surface area contributed by atoms with E-state index in [1.54, 1.807) is 12.4 Å². The lowest BCUT2D eigenvalue weighted by atomic mass is 9.84. The van der Waals surface area contributed by atoms with Gasteiger partial charge in [0.1, 0.15) is 5.71 Å². The average Bonchev–Trinajstić information content (AvgIpc) is 3.19. The third-order valence-electron chi connectivity index (χ3n) is 5.70. The minimum atomic E-state index is -0.116. The molecule has 3 aliphatic heterocycles. The number of carbonyl (C=O) groups excluding carboxylic acids is 2. The van der Waals surface area contributed by atoms with Crippen molar-refractivity contribution in [3.05, 3.63) is 18.5 Å². The molecule has 1 aromatic rings. The molecule has 2 amide bonds. The van der Waals surface area contributed by atoms with Crippen LogP contribution < -0.4 is 10.3 Å². The second-order valence-corrected chi connectivity index (χ2v) is 7.27. The fraction of sp³-hybridized carbons (Fsp3) is 0.611. The molecule has 1 atom stereocenters. The number of amides is 2. The summed E-state index contributed by atoms with van der Waals surface area (Å²) in [7, 11) is 0. The van der Waals surface area contributed by atoms with Crippen LogP contribution >= 0.6 is 0 Å². The van der Waals surface area contributed by atoms with Crippen molar-refractivity contribution in [2.24, 2.45) is 16.9 Å². The van der Waals surface area contributed by atoms with Crippen LogP contribution in [0.2, 0.25) is 0 Å². The van der Waals surface area contributed by atoms with Crippen molar-refractivity contribution in [3.63, 3.8) is 0 Å². The molecule has 2 fully saturated rings. The molecule has 1 N–H and O–H groups in total. The van der Waals surface area contributed by atoms with Gasteiger partial charge in [0.2, 0.25) is 11.9 Å². The topological polar surface area (TPSA) is 90.8 Å². The van der Waals surface area contributed by atoms with Gasteiger partial charge in [-0.05, 0) is 37.2 Å². The van der Waals surface area contributed by atoms with Gasteiger partial charge in [-0.15, -0.1) is 0 Å². The summed E-state index contributed by atoms with van der Waals surface area (Å²) in [6, 6.07) is 1.84. The number of carbonyl (C=O) groups is 2. The quantitative estimate of drug-likeness (QED) is 0.865. The molecule has 8 nitrogen and oxygen atoms in total. The maximum absolute atomic E-state index is 12.6. The average molecular weight is 356 g/mol. The monoisotopic (exact) mass is 356 g/mol. The summed E-state index contributed by atoms with van der Waals surface area (Å²) < 4.78 is 0. The Bertz CT molecular complexity index is 699. The zero-order valence-corrected chi connectivity index (χ0v) is 14.8. The number of hydrazone groups is 1. The number of hydrogen-bond acceptors (Lipinski definition) is 6. The Hall–Kier alpha value is -2.51. The number of aromatic nitrogens is 2. The minimum Gasteiger partial charge on any atom is -0.341 e. The van der Waals surface area contributed by atoms with E-state index in [2.05, 4.69) is 25.4 Å². The molecule has 0 radical (unpaired) electrons. The van der Waals surface area contributed by atoms with Gasteiger partial charge in [-0.1, -0.05) is 0 Å². The predicted octanol–water partition coefficient (Wildman–Crippen LogP) is 0.807. The molecular formula is C18H24N6O2. The highest BCUT2D eigenvalue weighted by molar-refractivity contribution is 6.39. The third-order valence-corrected chi connectivity index (χ3v) is 5.70. The minimum absolute atomic E-state index is 0.0115. The van der Waals surface area contributed by atoms with Crippen LogP contribution in [-0.4, -0.2) is 58.6 Å². The molecule has 0 bridgehead atoms. The van der Waals surface area contributed by atoms with E-state index in [1.165, 1.54) is 0 Å². The van der Waals surface area contributed by atoms with Crippen molar-refractivity contribution in [2.75, 3.05) is 31.1 Å². The molecule has 8 heteroatoms. The summed E-state index contributed by atoms with van der Waals surface area (Å²) in [5.74, 6) is 1.88.